The topological polar surface area (TPSA) is 43.4 Å². The maximum atomic E-state index is 11.6. The fourth-order valence-electron chi connectivity index (χ4n) is 4.47. The van der Waals surface area contributed by atoms with Crippen molar-refractivity contribution in [3.05, 3.63) is 12.2 Å². The van der Waals surface area contributed by atoms with E-state index in [4.69, 9.17) is 4.74 Å². The molecule has 15 heavy (non-hydrogen) atoms. The smallest absolute Gasteiger partial charge is 0.317 e. The third-order valence-electron chi connectivity index (χ3n) is 4.90. The molecule has 4 aliphatic rings. The third kappa shape index (κ3) is 0.757. The van der Waals surface area contributed by atoms with Crippen LogP contribution in [0.2, 0.25) is 0 Å². The molecule has 0 amide bonds. The lowest BCUT2D eigenvalue weighted by molar-refractivity contribution is -0.154. The van der Waals surface area contributed by atoms with Crippen molar-refractivity contribution in [3.8, 4) is 0 Å². The number of carbonyl (C=O) groups is 2. The van der Waals surface area contributed by atoms with E-state index in [0.29, 0.717) is 23.7 Å². The number of hydrogen-bond donors (Lipinski definition) is 0. The molecule has 1 aliphatic heterocycles. The van der Waals surface area contributed by atoms with Crippen LogP contribution in [0.15, 0.2) is 12.2 Å². The van der Waals surface area contributed by atoms with E-state index in [9.17, 15) is 9.59 Å². The number of ether oxygens (including phenoxy) is 1. The highest BCUT2D eigenvalue weighted by Crippen LogP contribution is 2.63. The first-order valence-corrected chi connectivity index (χ1v) is 5.69. The summed E-state index contributed by atoms with van der Waals surface area (Å²) in [6.45, 7) is 0. The quantitative estimate of drug-likeness (QED) is 0.337. The molecule has 0 radical (unpaired) electrons. The van der Waals surface area contributed by atoms with Crippen LogP contribution in [0, 0.1) is 35.5 Å². The highest BCUT2D eigenvalue weighted by Gasteiger charge is 2.66. The van der Waals surface area contributed by atoms with Gasteiger partial charge < -0.3 is 4.74 Å². The molecule has 1 saturated heterocycles. The van der Waals surface area contributed by atoms with Gasteiger partial charge in [-0.25, -0.2) is 0 Å². The summed E-state index contributed by atoms with van der Waals surface area (Å²) >= 11 is 0. The van der Waals surface area contributed by atoms with Crippen LogP contribution in [-0.4, -0.2) is 11.9 Å². The number of cyclic esters (lactones) is 2. The largest absolute Gasteiger partial charge is 0.393 e. The fraction of sp³-hybridized carbons (Fsp3) is 0.667. The van der Waals surface area contributed by atoms with Crippen molar-refractivity contribution in [3.63, 3.8) is 0 Å². The summed E-state index contributed by atoms with van der Waals surface area (Å²) in [7, 11) is 0. The molecule has 6 atom stereocenters. The van der Waals surface area contributed by atoms with E-state index in [0.717, 1.165) is 12.8 Å². The van der Waals surface area contributed by atoms with E-state index in [1.807, 2.05) is 0 Å². The van der Waals surface area contributed by atoms with E-state index in [-0.39, 0.29) is 23.8 Å². The Kier molecular flexibility index (Phi) is 1.26. The SMILES string of the molecule is O=C1OC(=O)C2C3CC(C4C=CCC43)C12. The molecular weight excluding hydrogens is 192 g/mol. The minimum absolute atomic E-state index is 0.0938. The second-order valence-electron chi connectivity index (χ2n) is 5.26. The van der Waals surface area contributed by atoms with Crippen LogP contribution in [0.3, 0.4) is 0 Å². The summed E-state index contributed by atoms with van der Waals surface area (Å²) in [5, 5.41) is 0. The molecule has 0 N–H and O–H groups in total. The van der Waals surface area contributed by atoms with E-state index >= 15 is 0 Å². The van der Waals surface area contributed by atoms with E-state index in [2.05, 4.69) is 12.2 Å². The molecule has 2 saturated carbocycles. The van der Waals surface area contributed by atoms with E-state index in [1.54, 1.807) is 0 Å². The van der Waals surface area contributed by atoms with Crippen LogP contribution in [0.4, 0.5) is 0 Å². The fourth-order valence-corrected chi connectivity index (χ4v) is 4.47. The molecule has 3 aliphatic carbocycles. The van der Waals surface area contributed by atoms with Gasteiger partial charge in [-0.15, -0.1) is 0 Å². The van der Waals surface area contributed by atoms with Gasteiger partial charge in [-0.1, -0.05) is 12.2 Å². The standard InChI is InChI=1S/C12H12O3/c13-11-9-7-4-8(10(9)12(14)15-11)6-3-1-2-5(6)7/h1-2,5-10H,3-4H2. The molecule has 1 heterocycles. The van der Waals surface area contributed by atoms with Crippen molar-refractivity contribution < 1.29 is 14.3 Å². The average molecular weight is 204 g/mol. The molecule has 4 rings (SSSR count). The van der Waals surface area contributed by atoms with Gasteiger partial charge in [0.1, 0.15) is 0 Å². The van der Waals surface area contributed by atoms with Gasteiger partial charge in [-0.05, 0) is 36.5 Å². The number of hydrogen-bond acceptors (Lipinski definition) is 3. The molecule has 6 unspecified atom stereocenters. The summed E-state index contributed by atoms with van der Waals surface area (Å²) < 4.78 is 4.77. The maximum absolute atomic E-state index is 11.6. The van der Waals surface area contributed by atoms with Crippen molar-refractivity contribution in [2.75, 3.05) is 0 Å². The van der Waals surface area contributed by atoms with Gasteiger partial charge in [-0.2, -0.15) is 0 Å². The summed E-state index contributed by atoms with van der Waals surface area (Å²) in [4.78, 5) is 23.2. The van der Waals surface area contributed by atoms with Crippen molar-refractivity contribution >= 4 is 11.9 Å². The maximum Gasteiger partial charge on any atom is 0.317 e. The highest BCUT2D eigenvalue weighted by atomic mass is 16.6. The molecule has 3 nitrogen and oxygen atoms in total. The Morgan fingerprint density at radius 1 is 1.07 bits per heavy atom. The lowest BCUT2D eigenvalue weighted by atomic mass is 9.70. The van der Waals surface area contributed by atoms with Gasteiger partial charge in [0.2, 0.25) is 0 Å². The first-order chi connectivity index (χ1) is 7.27. The highest BCUT2D eigenvalue weighted by molar-refractivity contribution is 5.97. The molecule has 0 aromatic heterocycles. The Labute approximate surface area is 87.5 Å². The zero-order valence-corrected chi connectivity index (χ0v) is 8.26. The van der Waals surface area contributed by atoms with Crippen LogP contribution in [0.1, 0.15) is 12.8 Å². The number of esters is 2. The zero-order valence-electron chi connectivity index (χ0n) is 8.26. The summed E-state index contributed by atoms with van der Waals surface area (Å²) in [6.07, 6.45) is 6.62. The molecule has 0 aromatic carbocycles. The third-order valence-corrected chi connectivity index (χ3v) is 4.90. The van der Waals surface area contributed by atoms with E-state index in [1.165, 1.54) is 0 Å². The number of allylic oxidation sites excluding steroid dienone is 2. The summed E-state index contributed by atoms with van der Waals surface area (Å²) in [5.41, 5.74) is 0. The second kappa shape index (κ2) is 2.34. The van der Waals surface area contributed by atoms with Crippen LogP contribution >= 0.6 is 0 Å². The van der Waals surface area contributed by atoms with Crippen molar-refractivity contribution in [1.82, 2.24) is 0 Å². The number of rotatable bonds is 0. The second-order valence-corrected chi connectivity index (χ2v) is 5.26. The monoisotopic (exact) mass is 204 g/mol. The van der Waals surface area contributed by atoms with Crippen LogP contribution in [-0.2, 0) is 14.3 Å². The zero-order chi connectivity index (χ0) is 10.2. The lowest BCUT2D eigenvalue weighted by Crippen LogP contribution is -2.34. The first-order valence-electron chi connectivity index (χ1n) is 5.69. The van der Waals surface area contributed by atoms with Crippen molar-refractivity contribution in [2.24, 2.45) is 35.5 Å². The Bertz CT molecular complexity index is 398. The molecule has 0 spiro atoms. The molecule has 78 valence electrons. The van der Waals surface area contributed by atoms with Gasteiger partial charge in [0, 0.05) is 0 Å². The van der Waals surface area contributed by atoms with Gasteiger partial charge in [0.15, 0.2) is 0 Å². The lowest BCUT2D eigenvalue weighted by Gasteiger charge is -2.29. The van der Waals surface area contributed by atoms with Crippen LogP contribution < -0.4 is 0 Å². The Hall–Kier alpha value is -1.12. The Morgan fingerprint density at radius 2 is 1.80 bits per heavy atom. The van der Waals surface area contributed by atoms with Gasteiger partial charge in [0.25, 0.3) is 0 Å². The summed E-state index contributed by atoms with van der Waals surface area (Å²) in [6, 6.07) is 0. The molecule has 0 aromatic rings. The Balaban J connectivity index is 1.80. The molecular formula is C12H12O3. The Morgan fingerprint density at radius 3 is 2.60 bits per heavy atom. The van der Waals surface area contributed by atoms with Gasteiger partial charge in [0.05, 0.1) is 11.8 Å². The minimum atomic E-state index is -0.253. The molecule has 3 heteroatoms. The van der Waals surface area contributed by atoms with Crippen LogP contribution in [0.25, 0.3) is 0 Å². The van der Waals surface area contributed by atoms with Gasteiger partial charge >= 0.3 is 11.9 Å². The predicted octanol–water partition coefficient (Wildman–Crippen LogP) is 1.14. The molecule has 2 bridgehead atoms. The average Bonchev–Trinajstić information content (AvgIpc) is 2.88. The minimum Gasteiger partial charge on any atom is -0.393 e. The summed E-state index contributed by atoms with van der Waals surface area (Å²) in [5.74, 6) is 1.28. The number of carbonyl (C=O) groups excluding carboxylic acids is 2. The number of fused-ring (bicyclic) bond motifs is 8. The van der Waals surface area contributed by atoms with Gasteiger partial charge in [-0.3, -0.25) is 9.59 Å². The first kappa shape index (κ1) is 8.08. The normalized spacial score (nSPS) is 54.7. The van der Waals surface area contributed by atoms with Crippen molar-refractivity contribution in [1.29, 1.82) is 0 Å². The predicted molar refractivity (Wildman–Crippen MR) is 50.4 cm³/mol. The van der Waals surface area contributed by atoms with Crippen LogP contribution in [0.5, 0.6) is 0 Å². The molecule has 3 fully saturated rings. The van der Waals surface area contributed by atoms with E-state index < -0.39 is 0 Å². The van der Waals surface area contributed by atoms with Crippen molar-refractivity contribution in [2.45, 2.75) is 12.8 Å².